The second kappa shape index (κ2) is 5.89. The minimum atomic E-state index is 0.670. The first-order valence-corrected chi connectivity index (χ1v) is 6.43. The number of hydrogen-bond donors (Lipinski definition) is 0. The van der Waals surface area contributed by atoms with Crippen LogP contribution in [-0.2, 0) is 0 Å². The highest BCUT2D eigenvalue weighted by molar-refractivity contribution is 6.30. The zero-order chi connectivity index (χ0) is 13.8. The molecule has 0 aliphatic carbocycles. The van der Waals surface area contributed by atoms with Crippen LogP contribution >= 0.6 is 11.6 Å². The quantitative estimate of drug-likeness (QED) is 0.742. The lowest BCUT2D eigenvalue weighted by atomic mass is 10.1. The van der Waals surface area contributed by atoms with Crippen LogP contribution in [0.3, 0.4) is 0 Å². The van der Waals surface area contributed by atoms with E-state index >= 15 is 0 Å². The monoisotopic (exact) mass is 273 g/mol. The Balaban J connectivity index is 2.37. The van der Waals surface area contributed by atoms with Crippen LogP contribution < -0.4 is 4.74 Å². The fourth-order valence-corrected chi connectivity index (χ4v) is 2.00. The molecule has 2 aromatic rings. The van der Waals surface area contributed by atoms with E-state index in [1.54, 1.807) is 19.4 Å². The summed E-state index contributed by atoms with van der Waals surface area (Å²) in [5.74, 6) is 0.762. The molecule has 0 aromatic heterocycles. The third kappa shape index (κ3) is 3.15. The molecule has 0 saturated heterocycles. The van der Waals surface area contributed by atoms with Crippen molar-refractivity contribution in [1.29, 1.82) is 0 Å². The van der Waals surface area contributed by atoms with Crippen molar-refractivity contribution in [1.82, 2.24) is 0 Å². The molecule has 0 spiro atoms. The summed E-state index contributed by atoms with van der Waals surface area (Å²) in [6.45, 7) is 4.14. The lowest BCUT2D eigenvalue weighted by molar-refractivity contribution is 0.414. The topological polar surface area (TPSA) is 21.6 Å². The molecule has 0 heterocycles. The molecule has 0 unspecified atom stereocenters. The normalized spacial score (nSPS) is 10.9. The van der Waals surface area contributed by atoms with Gasteiger partial charge >= 0.3 is 0 Å². The van der Waals surface area contributed by atoms with E-state index in [1.807, 2.05) is 24.3 Å². The molecule has 0 N–H and O–H groups in total. The summed E-state index contributed by atoms with van der Waals surface area (Å²) in [6, 6.07) is 11.6. The van der Waals surface area contributed by atoms with Crippen molar-refractivity contribution in [3.63, 3.8) is 0 Å². The average molecular weight is 274 g/mol. The van der Waals surface area contributed by atoms with Crippen LogP contribution in [0.2, 0.25) is 5.02 Å². The largest absolute Gasteiger partial charge is 0.496 e. The Morgan fingerprint density at radius 1 is 1.16 bits per heavy atom. The van der Waals surface area contributed by atoms with Gasteiger partial charge in [-0.3, -0.25) is 4.99 Å². The molecule has 2 aromatic carbocycles. The molecule has 0 fully saturated rings. The molecule has 2 rings (SSSR count). The molecule has 2 nitrogen and oxygen atoms in total. The fourth-order valence-electron chi connectivity index (χ4n) is 1.82. The third-order valence-corrected chi connectivity index (χ3v) is 3.35. The van der Waals surface area contributed by atoms with E-state index in [-0.39, 0.29) is 0 Å². The summed E-state index contributed by atoms with van der Waals surface area (Å²) in [7, 11) is 1.64. The van der Waals surface area contributed by atoms with Gasteiger partial charge in [-0.05, 0) is 49.2 Å². The molecule has 0 aliphatic rings. The second-order valence-corrected chi connectivity index (χ2v) is 4.80. The Morgan fingerprint density at radius 3 is 2.68 bits per heavy atom. The maximum Gasteiger partial charge on any atom is 0.127 e. The summed E-state index contributed by atoms with van der Waals surface area (Å²) < 4.78 is 5.29. The second-order valence-electron chi connectivity index (χ2n) is 4.36. The van der Waals surface area contributed by atoms with E-state index < -0.39 is 0 Å². The van der Waals surface area contributed by atoms with Crippen molar-refractivity contribution in [2.45, 2.75) is 13.8 Å². The Labute approximate surface area is 118 Å². The van der Waals surface area contributed by atoms with E-state index in [4.69, 9.17) is 16.3 Å². The number of ether oxygens (including phenoxy) is 1. The van der Waals surface area contributed by atoms with Gasteiger partial charge in [0.2, 0.25) is 0 Å². The van der Waals surface area contributed by atoms with Gasteiger partial charge in [-0.2, -0.15) is 0 Å². The van der Waals surface area contributed by atoms with Crippen molar-refractivity contribution in [3.8, 4) is 5.75 Å². The van der Waals surface area contributed by atoms with Crippen LogP contribution in [0, 0.1) is 13.8 Å². The number of methoxy groups -OCH3 is 1. The Bertz CT molecular complexity index is 620. The number of halogens is 1. The van der Waals surface area contributed by atoms with Crippen molar-refractivity contribution in [2.75, 3.05) is 7.11 Å². The van der Waals surface area contributed by atoms with Crippen molar-refractivity contribution in [3.05, 3.63) is 58.1 Å². The first-order valence-electron chi connectivity index (χ1n) is 6.05. The number of rotatable bonds is 3. The highest BCUT2D eigenvalue weighted by Crippen LogP contribution is 2.24. The summed E-state index contributed by atoms with van der Waals surface area (Å²) in [5, 5.41) is 0.670. The molecule has 0 aliphatic heterocycles. The first kappa shape index (κ1) is 13.6. The van der Waals surface area contributed by atoms with Crippen molar-refractivity contribution in [2.24, 2.45) is 4.99 Å². The van der Waals surface area contributed by atoms with Crippen LogP contribution in [0.5, 0.6) is 5.75 Å². The van der Waals surface area contributed by atoms with Gasteiger partial charge in [-0.15, -0.1) is 0 Å². The summed E-state index contributed by atoms with van der Waals surface area (Å²) in [5.41, 5.74) is 4.24. The van der Waals surface area contributed by atoms with Crippen molar-refractivity contribution >= 4 is 23.5 Å². The van der Waals surface area contributed by atoms with Gasteiger partial charge in [-0.1, -0.05) is 23.7 Å². The van der Waals surface area contributed by atoms with Crippen LogP contribution in [-0.4, -0.2) is 13.3 Å². The van der Waals surface area contributed by atoms with Crippen molar-refractivity contribution < 1.29 is 4.74 Å². The Morgan fingerprint density at radius 2 is 1.95 bits per heavy atom. The van der Waals surface area contributed by atoms with Crippen LogP contribution in [0.25, 0.3) is 0 Å². The maximum atomic E-state index is 5.99. The van der Waals surface area contributed by atoms with E-state index in [9.17, 15) is 0 Å². The smallest absolute Gasteiger partial charge is 0.127 e. The number of aryl methyl sites for hydroxylation is 1. The molecule has 0 bridgehead atoms. The highest BCUT2D eigenvalue weighted by Gasteiger charge is 2.02. The molecule has 19 heavy (non-hydrogen) atoms. The minimum Gasteiger partial charge on any atom is -0.496 e. The minimum absolute atomic E-state index is 0.670. The fraction of sp³-hybridized carbons (Fsp3) is 0.188. The van der Waals surface area contributed by atoms with Crippen LogP contribution in [0.4, 0.5) is 5.69 Å². The van der Waals surface area contributed by atoms with Gasteiger partial charge in [-0.25, -0.2) is 0 Å². The van der Waals surface area contributed by atoms with Gasteiger partial charge in [0.1, 0.15) is 5.75 Å². The van der Waals surface area contributed by atoms with Gasteiger partial charge in [0, 0.05) is 16.8 Å². The zero-order valence-corrected chi connectivity index (χ0v) is 12.0. The van der Waals surface area contributed by atoms with Gasteiger partial charge in [0.05, 0.1) is 12.8 Å². The number of nitrogens with zero attached hydrogens (tertiary/aromatic N) is 1. The zero-order valence-electron chi connectivity index (χ0n) is 11.3. The maximum absolute atomic E-state index is 5.99. The Hall–Kier alpha value is -1.80. The molecule has 0 amide bonds. The standard InChI is InChI=1S/C16H16ClNO/c1-11-5-4-6-15(12(11)2)18-10-13-9-14(17)7-8-16(13)19-3/h4-10H,1-3H3. The van der Waals surface area contributed by atoms with Crippen LogP contribution in [0.1, 0.15) is 16.7 Å². The summed E-state index contributed by atoms with van der Waals surface area (Å²) in [6.07, 6.45) is 1.78. The van der Waals surface area contributed by atoms with Gasteiger partial charge in [0.25, 0.3) is 0 Å². The van der Waals surface area contributed by atoms with E-state index in [2.05, 4.69) is 24.9 Å². The lowest BCUT2D eigenvalue weighted by Gasteiger charge is -2.06. The number of hydrogen-bond acceptors (Lipinski definition) is 2. The van der Waals surface area contributed by atoms with E-state index in [1.165, 1.54) is 11.1 Å². The molecular formula is C16H16ClNO. The summed E-state index contributed by atoms with van der Waals surface area (Å²) >= 11 is 5.99. The van der Waals surface area contributed by atoms with Gasteiger partial charge < -0.3 is 4.74 Å². The lowest BCUT2D eigenvalue weighted by Crippen LogP contribution is -1.90. The highest BCUT2D eigenvalue weighted by atomic mass is 35.5. The molecule has 0 radical (unpaired) electrons. The molecular weight excluding hydrogens is 258 g/mol. The van der Waals surface area contributed by atoms with Gasteiger partial charge in [0.15, 0.2) is 0 Å². The van der Waals surface area contributed by atoms with Crippen LogP contribution in [0.15, 0.2) is 41.4 Å². The summed E-state index contributed by atoms with van der Waals surface area (Å²) in [4.78, 5) is 4.52. The first-order chi connectivity index (χ1) is 9.11. The average Bonchev–Trinajstić information content (AvgIpc) is 2.40. The number of benzene rings is 2. The number of aliphatic imine (C=N–C) groups is 1. The molecule has 98 valence electrons. The third-order valence-electron chi connectivity index (χ3n) is 3.11. The predicted molar refractivity (Wildman–Crippen MR) is 81.2 cm³/mol. The van der Waals surface area contributed by atoms with E-state index in [0.717, 1.165) is 17.0 Å². The SMILES string of the molecule is COc1ccc(Cl)cc1C=Nc1cccc(C)c1C. The molecule has 0 saturated carbocycles. The van der Waals surface area contributed by atoms with E-state index in [0.29, 0.717) is 5.02 Å². The molecule has 0 atom stereocenters. The molecule has 3 heteroatoms. The predicted octanol–water partition coefficient (Wildman–Crippen LogP) is 4.72. The Kier molecular flexibility index (Phi) is 4.23.